The lowest BCUT2D eigenvalue weighted by molar-refractivity contribution is -0.115. The highest BCUT2D eigenvalue weighted by atomic mass is 32.2. The predicted molar refractivity (Wildman–Crippen MR) is 86.3 cm³/mol. The second-order valence-electron chi connectivity index (χ2n) is 4.80. The van der Waals surface area contributed by atoms with Gasteiger partial charge >= 0.3 is 0 Å². The number of nitrogen functional groups attached to an aromatic ring is 1. The Bertz CT molecular complexity index is 622. The fraction of sp³-hybridized carbons (Fsp3) is 0.267. The average molecular weight is 302 g/mol. The van der Waals surface area contributed by atoms with Crippen molar-refractivity contribution >= 4 is 29.0 Å². The molecule has 2 aromatic rings. The van der Waals surface area contributed by atoms with Crippen LogP contribution in [0.2, 0.25) is 0 Å². The number of anilines is 2. The van der Waals surface area contributed by atoms with Crippen molar-refractivity contribution in [3.8, 4) is 0 Å². The van der Waals surface area contributed by atoms with E-state index in [4.69, 9.17) is 5.73 Å². The Hall–Kier alpha value is -2.08. The second kappa shape index (κ2) is 6.58. The maximum absolute atomic E-state index is 12.2. The second-order valence-corrected chi connectivity index (χ2v) is 6.11. The maximum Gasteiger partial charge on any atom is 0.237 e. The van der Waals surface area contributed by atoms with Crippen LogP contribution < -0.4 is 11.1 Å². The van der Waals surface area contributed by atoms with E-state index in [2.05, 4.69) is 15.3 Å². The van der Waals surface area contributed by atoms with Gasteiger partial charge in [0.15, 0.2) is 5.16 Å². The van der Waals surface area contributed by atoms with Crippen LogP contribution in [0.1, 0.15) is 18.3 Å². The highest BCUT2D eigenvalue weighted by molar-refractivity contribution is 8.00. The molecule has 21 heavy (non-hydrogen) atoms. The Kier molecular flexibility index (Phi) is 4.80. The van der Waals surface area contributed by atoms with Gasteiger partial charge in [-0.25, -0.2) is 9.97 Å². The molecule has 0 aliphatic carbocycles. The van der Waals surface area contributed by atoms with Gasteiger partial charge in [0.1, 0.15) is 0 Å². The molecular formula is C15H18N4OS. The molecule has 1 heterocycles. The molecule has 1 amide bonds. The lowest BCUT2D eigenvalue weighted by Gasteiger charge is -2.11. The van der Waals surface area contributed by atoms with Crippen LogP contribution in [0.3, 0.4) is 0 Å². The summed E-state index contributed by atoms with van der Waals surface area (Å²) >= 11 is 1.34. The first-order valence-corrected chi connectivity index (χ1v) is 7.47. The Labute approximate surface area is 128 Å². The van der Waals surface area contributed by atoms with Crippen molar-refractivity contribution in [1.82, 2.24) is 9.97 Å². The van der Waals surface area contributed by atoms with E-state index in [1.165, 1.54) is 11.8 Å². The van der Waals surface area contributed by atoms with Gasteiger partial charge in [0.2, 0.25) is 5.91 Å². The molecule has 1 atom stereocenters. The summed E-state index contributed by atoms with van der Waals surface area (Å²) < 4.78 is 0. The van der Waals surface area contributed by atoms with E-state index in [1.807, 2.05) is 26.8 Å². The van der Waals surface area contributed by atoms with Crippen LogP contribution in [0.5, 0.6) is 0 Å². The largest absolute Gasteiger partial charge is 0.399 e. The van der Waals surface area contributed by atoms with Crippen molar-refractivity contribution in [2.75, 3.05) is 11.1 Å². The smallest absolute Gasteiger partial charge is 0.237 e. The number of rotatable bonds is 4. The SMILES string of the molecule is Cc1cc(C)nc(SC(C)C(=O)Nc2ccc(N)cc2)n1. The number of nitrogens with two attached hydrogens (primary N) is 1. The number of nitrogens with one attached hydrogen (secondary N) is 1. The highest BCUT2D eigenvalue weighted by Gasteiger charge is 2.16. The van der Waals surface area contributed by atoms with E-state index in [1.54, 1.807) is 24.3 Å². The standard InChI is InChI=1S/C15H18N4OS/c1-9-8-10(2)18-15(17-9)21-11(3)14(20)19-13-6-4-12(16)5-7-13/h4-8,11H,16H2,1-3H3,(H,19,20). The molecule has 0 fully saturated rings. The van der Waals surface area contributed by atoms with Gasteiger partial charge in [-0.05, 0) is 51.1 Å². The molecule has 1 aromatic carbocycles. The Morgan fingerprint density at radius 2 is 1.76 bits per heavy atom. The van der Waals surface area contributed by atoms with E-state index >= 15 is 0 Å². The summed E-state index contributed by atoms with van der Waals surface area (Å²) in [6.07, 6.45) is 0. The van der Waals surface area contributed by atoms with Crippen LogP contribution in [0, 0.1) is 13.8 Å². The van der Waals surface area contributed by atoms with E-state index < -0.39 is 0 Å². The van der Waals surface area contributed by atoms with Gasteiger partial charge in [-0.15, -0.1) is 0 Å². The first-order chi connectivity index (χ1) is 9.94. The predicted octanol–water partition coefficient (Wildman–Crippen LogP) is 2.79. The summed E-state index contributed by atoms with van der Waals surface area (Å²) in [6.45, 7) is 5.66. The van der Waals surface area contributed by atoms with Gasteiger partial charge in [0, 0.05) is 22.8 Å². The summed E-state index contributed by atoms with van der Waals surface area (Å²) in [7, 11) is 0. The van der Waals surface area contributed by atoms with Crippen molar-refractivity contribution in [3.05, 3.63) is 41.7 Å². The fourth-order valence-corrected chi connectivity index (χ4v) is 2.64. The molecular weight excluding hydrogens is 284 g/mol. The third kappa shape index (κ3) is 4.46. The molecule has 2 rings (SSSR count). The topological polar surface area (TPSA) is 80.9 Å². The number of carbonyl (C=O) groups is 1. The zero-order chi connectivity index (χ0) is 15.4. The Morgan fingerprint density at radius 1 is 1.19 bits per heavy atom. The number of nitrogens with zero attached hydrogens (tertiary/aromatic N) is 2. The van der Waals surface area contributed by atoms with Crippen LogP contribution in [-0.4, -0.2) is 21.1 Å². The van der Waals surface area contributed by atoms with Gasteiger partial charge in [0.05, 0.1) is 5.25 Å². The highest BCUT2D eigenvalue weighted by Crippen LogP contribution is 2.21. The number of carbonyl (C=O) groups excluding carboxylic acids is 1. The molecule has 0 bridgehead atoms. The summed E-state index contributed by atoms with van der Waals surface area (Å²) in [6, 6.07) is 8.96. The molecule has 0 aliphatic rings. The quantitative estimate of drug-likeness (QED) is 0.515. The summed E-state index contributed by atoms with van der Waals surface area (Å²) in [5.41, 5.74) is 8.80. The Morgan fingerprint density at radius 3 is 2.33 bits per heavy atom. The zero-order valence-corrected chi connectivity index (χ0v) is 13.1. The van der Waals surface area contributed by atoms with E-state index in [-0.39, 0.29) is 11.2 Å². The average Bonchev–Trinajstić information content (AvgIpc) is 2.40. The molecule has 5 nitrogen and oxygen atoms in total. The number of hydrogen-bond donors (Lipinski definition) is 2. The first-order valence-electron chi connectivity index (χ1n) is 6.59. The molecule has 0 spiro atoms. The number of amides is 1. The third-order valence-corrected chi connectivity index (χ3v) is 3.75. The maximum atomic E-state index is 12.2. The number of hydrogen-bond acceptors (Lipinski definition) is 5. The lowest BCUT2D eigenvalue weighted by atomic mass is 10.3. The van der Waals surface area contributed by atoms with E-state index in [0.29, 0.717) is 10.8 Å². The van der Waals surface area contributed by atoms with Crippen molar-refractivity contribution in [2.24, 2.45) is 0 Å². The molecule has 0 aliphatic heterocycles. The molecule has 3 N–H and O–H groups in total. The van der Waals surface area contributed by atoms with Crippen molar-refractivity contribution in [3.63, 3.8) is 0 Å². The molecule has 6 heteroatoms. The van der Waals surface area contributed by atoms with Crippen LogP contribution in [-0.2, 0) is 4.79 Å². The molecule has 0 radical (unpaired) electrons. The minimum Gasteiger partial charge on any atom is -0.399 e. The molecule has 1 unspecified atom stereocenters. The number of aromatic nitrogens is 2. The van der Waals surface area contributed by atoms with Gasteiger partial charge in [-0.3, -0.25) is 4.79 Å². The minimum atomic E-state index is -0.288. The van der Waals surface area contributed by atoms with Crippen LogP contribution in [0.25, 0.3) is 0 Å². The molecule has 1 aromatic heterocycles. The molecule has 110 valence electrons. The number of aryl methyl sites for hydroxylation is 2. The molecule has 0 saturated carbocycles. The number of benzene rings is 1. The Balaban J connectivity index is 2.00. The van der Waals surface area contributed by atoms with Crippen LogP contribution in [0.15, 0.2) is 35.5 Å². The first kappa shape index (κ1) is 15.3. The minimum absolute atomic E-state index is 0.0902. The third-order valence-electron chi connectivity index (χ3n) is 2.79. The zero-order valence-electron chi connectivity index (χ0n) is 12.3. The van der Waals surface area contributed by atoms with Crippen LogP contribution in [0.4, 0.5) is 11.4 Å². The van der Waals surface area contributed by atoms with Crippen molar-refractivity contribution < 1.29 is 4.79 Å². The summed E-state index contributed by atoms with van der Waals surface area (Å²) in [5, 5.41) is 3.18. The van der Waals surface area contributed by atoms with Gasteiger partial charge in [0.25, 0.3) is 0 Å². The number of thioether (sulfide) groups is 1. The monoisotopic (exact) mass is 302 g/mol. The van der Waals surface area contributed by atoms with Gasteiger partial charge in [-0.1, -0.05) is 11.8 Å². The van der Waals surface area contributed by atoms with Crippen molar-refractivity contribution in [1.29, 1.82) is 0 Å². The van der Waals surface area contributed by atoms with Crippen molar-refractivity contribution in [2.45, 2.75) is 31.2 Å². The summed E-state index contributed by atoms with van der Waals surface area (Å²) in [5.74, 6) is -0.0902. The van der Waals surface area contributed by atoms with Gasteiger partial charge in [-0.2, -0.15) is 0 Å². The summed E-state index contributed by atoms with van der Waals surface area (Å²) in [4.78, 5) is 20.8. The normalized spacial score (nSPS) is 12.0. The van der Waals surface area contributed by atoms with Crippen LogP contribution >= 0.6 is 11.8 Å². The molecule has 0 saturated heterocycles. The fourth-order valence-electron chi connectivity index (χ4n) is 1.77. The lowest BCUT2D eigenvalue weighted by Crippen LogP contribution is -2.22. The van der Waals surface area contributed by atoms with E-state index in [0.717, 1.165) is 17.1 Å². The van der Waals surface area contributed by atoms with E-state index in [9.17, 15) is 4.79 Å². The van der Waals surface area contributed by atoms with Gasteiger partial charge < -0.3 is 11.1 Å².